The lowest BCUT2D eigenvalue weighted by Crippen LogP contribution is -2.56. The van der Waals surface area contributed by atoms with Crippen LogP contribution in [-0.2, 0) is 4.79 Å². The fourth-order valence-electron chi connectivity index (χ4n) is 7.62. The molecule has 3 heteroatoms. The van der Waals surface area contributed by atoms with E-state index in [1.54, 1.807) is 6.92 Å². The molecule has 4 fully saturated rings. The average molecular weight is 335 g/mol. The minimum absolute atomic E-state index is 0.294. The zero-order chi connectivity index (χ0) is 17.3. The number of rotatable bonds is 1. The molecule has 4 rings (SSSR count). The van der Waals surface area contributed by atoms with E-state index in [0.717, 1.165) is 38.0 Å². The van der Waals surface area contributed by atoms with Crippen molar-refractivity contribution in [2.45, 2.75) is 84.3 Å². The molecule has 0 aromatic heterocycles. The quantitative estimate of drug-likeness (QED) is 0.715. The molecular weight excluding hydrogens is 300 g/mol. The van der Waals surface area contributed by atoms with Gasteiger partial charge in [0.15, 0.2) is 5.79 Å². The Kier molecular flexibility index (Phi) is 3.76. The Morgan fingerprint density at radius 3 is 2.33 bits per heavy atom. The van der Waals surface area contributed by atoms with Gasteiger partial charge in [0.25, 0.3) is 0 Å². The molecule has 7 atom stereocenters. The molecule has 4 aliphatic carbocycles. The van der Waals surface area contributed by atoms with E-state index in [1.807, 2.05) is 0 Å². The van der Waals surface area contributed by atoms with Gasteiger partial charge in [-0.15, -0.1) is 0 Å². The molecule has 0 saturated heterocycles. The molecule has 0 amide bonds. The first-order chi connectivity index (χ1) is 11.2. The molecule has 136 valence electrons. The monoisotopic (exact) mass is 334 g/mol. The van der Waals surface area contributed by atoms with Gasteiger partial charge in [-0.3, -0.25) is 4.79 Å². The number of Topliss-reactive ketones (excluding diaryl/α,β-unsaturated/α-hetero) is 1. The number of carbonyl (C=O) groups excluding carboxylic acids is 1. The lowest BCUT2D eigenvalue weighted by atomic mass is 9.44. The largest absolute Gasteiger partial charge is 0.365 e. The summed E-state index contributed by atoms with van der Waals surface area (Å²) in [5, 5.41) is 21.1. The number of carbonyl (C=O) groups is 1. The molecule has 2 unspecified atom stereocenters. The van der Waals surface area contributed by atoms with Crippen LogP contribution in [0, 0.1) is 40.4 Å². The molecule has 0 aromatic carbocycles. The second kappa shape index (κ2) is 5.30. The van der Waals surface area contributed by atoms with Gasteiger partial charge in [-0.25, -0.2) is 0 Å². The first kappa shape index (κ1) is 17.0. The highest BCUT2D eigenvalue weighted by molar-refractivity contribution is 5.78. The summed E-state index contributed by atoms with van der Waals surface area (Å²) in [5.41, 5.74) is 0.0559. The lowest BCUT2D eigenvalue weighted by molar-refractivity contribution is -0.252. The van der Waals surface area contributed by atoms with Crippen LogP contribution in [0.4, 0.5) is 0 Å². The predicted octanol–water partition coefficient (Wildman–Crippen LogP) is 3.92. The van der Waals surface area contributed by atoms with Crippen molar-refractivity contribution in [1.29, 1.82) is 0 Å². The van der Waals surface area contributed by atoms with Crippen LogP contribution in [0.2, 0.25) is 0 Å². The molecule has 0 heterocycles. The summed E-state index contributed by atoms with van der Waals surface area (Å²) in [6, 6.07) is 0. The van der Waals surface area contributed by atoms with Crippen LogP contribution < -0.4 is 0 Å². The summed E-state index contributed by atoms with van der Waals surface area (Å²) in [6.45, 7) is 6.39. The van der Waals surface area contributed by atoms with Gasteiger partial charge in [0, 0.05) is 17.8 Å². The average Bonchev–Trinajstić information content (AvgIpc) is 2.76. The van der Waals surface area contributed by atoms with E-state index in [0.29, 0.717) is 41.3 Å². The van der Waals surface area contributed by atoms with Crippen LogP contribution in [0.1, 0.15) is 78.6 Å². The number of fused-ring (bicyclic) bond motifs is 5. The van der Waals surface area contributed by atoms with Gasteiger partial charge in [-0.1, -0.05) is 13.8 Å². The van der Waals surface area contributed by atoms with Gasteiger partial charge in [0.05, 0.1) is 0 Å². The highest BCUT2D eigenvalue weighted by Gasteiger charge is 2.64. The maximum Gasteiger partial charge on any atom is 0.168 e. The second-order valence-corrected chi connectivity index (χ2v) is 10.1. The van der Waals surface area contributed by atoms with E-state index in [1.165, 1.54) is 19.3 Å². The first-order valence-corrected chi connectivity index (χ1v) is 10.1. The van der Waals surface area contributed by atoms with Gasteiger partial charge in [0.1, 0.15) is 5.78 Å². The van der Waals surface area contributed by atoms with Crippen molar-refractivity contribution in [2.24, 2.45) is 40.4 Å². The summed E-state index contributed by atoms with van der Waals surface area (Å²) in [5.74, 6) is 1.75. The molecule has 4 aliphatic rings. The van der Waals surface area contributed by atoms with Crippen LogP contribution in [0.3, 0.4) is 0 Å². The number of hydrogen-bond acceptors (Lipinski definition) is 3. The van der Waals surface area contributed by atoms with E-state index < -0.39 is 5.79 Å². The summed E-state index contributed by atoms with van der Waals surface area (Å²) in [4.78, 5) is 11.9. The van der Waals surface area contributed by atoms with Crippen LogP contribution in [0.5, 0.6) is 0 Å². The molecule has 0 aromatic rings. The van der Waals surface area contributed by atoms with Crippen molar-refractivity contribution in [3.63, 3.8) is 0 Å². The summed E-state index contributed by atoms with van der Waals surface area (Å²) < 4.78 is 0. The molecule has 3 nitrogen and oxygen atoms in total. The molecule has 4 saturated carbocycles. The van der Waals surface area contributed by atoms with Gasteiger partial charge >= 0.3 is 0 Å². The van der Waals surface area contributed by atoms with Crippen LogP contribution in [0.25, 0.3) is 0 Å². The van der Waals surface area contributed by atoms with Crippen LogP contribution >= 0.6 is 0 Å². The van der Waals surface area contributed by atoms with Gasteiger partial charge in [-0.05, 0) is 87.4 Å². The Labute approximate surface area is 146 Å². The minimum Gasteiger partial charge on any atom is -0.365 e. The third kappa shape index (κ3) is 2.13. The fourth-order valence-corrected chi connectivity index (χ4v) is 7.62. The number of hydrogen-bond donors (Lipinski definition) is 2. The standard InChI is InChI=1S/C21H34O3/c1-13(22)14-6-9-19(2)15(12-14)4-5-16-17(19)7-10-20(3)18(16)8-11-21(20,23)24/h14-18,23-24H,4-12H2,1-3H3/t14?,15?,16-,17-,18+,19+,20+/m1/s1. The zero-order valence-electron chi connectivity index (χ0n) is 15.6. The SMILES string of the molecule is CC(=O)C1CC[C@@]2(C)C(CC[C@@H]3[C@H]2CC[C@@]2(C)[C@H]3CCC2(O)O)C1. The highest BCUT2D eigenvalue weighted by atomic mass is 16.5. The molecule has 0 aliphatic heterocycles. The van der Waals surface area contributed by atoms with Crippen molar-refractivity contribution in [1.82, 2.24) is 0 Å². The third-order valence-corrected chi connectivity index (χ3v) is 9.35. The van der Waals surface area contributed by atoms with Gasteiger partial charge in [-0.2, -0.15) is 0 Å². The van der Waals surface area contributed by atoms with Crippen LogP contribution in [-0.4, -0.2) is 21.8 Å². The Hall–Kier alpha value is -0.410. The first-order valence-electron chi connectivity index (χ1n) is 10.1. The molecular formula is C21H34O3. The second-order valence-electron chi connectivity index (χ2n) is 10.1. The highest BCUT2D eigenvalue weighted by Crippen LogP contribution is 2.68. The molecule has 2 N–H and O–H groups in total. The van der Waals surface area contributed by atoms with E-state index in [4.69, 9.17) is 0 Å². The van der Waals surface area contributed by atoms with E-state index >= 15 is 0 Å². The summed E-state index contributed by atoms with van der Waals surface area (Å²) in [7, 11) is 0. The van der Waals surface area contributed by atoms with Crippen molar-refractivity contribution in [2.75, 3.05) is 0 Å². The van der Waals surface area contributed by atoms with Gasteiger partial charge in [0.2, 0.25) is 0 Å². The Bertz CT molecular complexity index is 541. The maximum absolute atomic E-state index is 11.9. The van der Waals surface area contributed by atoms with Crippen molar-refractivity contribution in [3.05, 3.63) is 0 Å². The zero-order valence-corrected chi connectivity index (χ0v) is 15.6. The molecule has 0 spiro atoms. The fraction of sp³-hybridized carbons (Fsp3) is 0.952. The Balaban J connectivity index is 1.60. The maximum atomic E-state index is 11.9. The third-order valence-electron chi connectivity index (χ3n) is 9.35. The van der Waals surface area contributed by atoms with Gasteiger partial charge < -0.3 is 10.2 Å². The number of ketones is 1. The van der Waals surface area contributed by atoms with Crippen molar-refractivity contribution >= 4 is 5.78 Å². The van der Waals surface area contributed by atoms with Crippen molar-refractivity contribution in [3.8, 4) is 0 Å². The summed E-state index contributed by atoms with van der Waals surface area (Å²) >= 11 is 0. The summed E-state index contributed by atoms with van der Waals surface area (Å²) in [6.07, 6.45) is 9.42. The van der Waals surface area contributed by atoms with Crippen molar-refractivity contribution < 1.29 is 15.0 Å². The van der Waals surface area contributed by atoms with E-state index in [-0.39, 0.29) is 5.41 Å². The topological polar surface area (TPSA) is 57.5 Å². The lowest BCUT2D eigenvalue weighted by Gasteiger charge is -2.61. The Morgan fingerprint density at radius 1 is 0.917 bits per heavy atom. The minimum atomic E-state index is -1.47. The van der Waals surface area contributed by atoms with E-state index in [2.05, 4.69) is 13.8 Å². The normalized spacial score (nSPS) is 53.0. The molecule has 24 heavy (non-hydrogen) atoms. The smallest absolute Gasteiger partial charge is 0.168 e. The predicted molar refractivity (Wildman–Crippen MR) is 93.1 cm³/mol. The molecule has 0 bridgehead atoms. The van der Waals surface area contributed by atoms with Crippen LogP contribution in [0.15, 0.2) is 0 Å². The molecule has 0 radical (unpaired) electrons. The van der Waals surface area contributed by atoms with E-state index in [9.17, 15) is 15.0 Å². The Morgan fingerprint density at radius 2 is 1.62 bits per heavy atom. The number of aliphatic hydroxyl groups is 2.